The number of hydrogen-bond donors (Lipinski definition) is 1. The van der Waals surface area contributed by atoms with Crippen molar-refractivity contribution >= 4 is 38.6 Å². The van der Waals surface area contributed by atoms with E-state index in [1.807, 2.05) is 0 Å². The lowest BCUT2D eigenvalue weighted by atomic mass is 10.1. The zero-order chi connectivity index (χ0) is 20.8. The normalized spacial score (nSPS) is 24.2. The zero-order valence-electron chi connectivity index (χ0n) is 16.0. The first kappa shape index (κ1) is 20.5. The fourth-order valence-corrected chi connectivity index (χ4v) is 5.22. The molecule has 29 heavy (non-hydrogen) atoms. The van der Waals surface area contributed by atoms with Crippen LogP contribution in [0.2, 0.25) is 5.02 Å². The maximum absolute atomic E-state index is 14.6. The molecule has 0 aromatic carbocycles. The molecule has 2 atom stereocenters. The van der Waals surface area contributed by atoms with Crippen molar-refractivity contribution in [2.75, 3.05) is 24.7 Å². The molecule has 1 aliphatic heterocycles. The number of sulfonamides is 1. The van der Waals surface area contributed by atoms with E-state index in [2.05, 4.69) is 15.3 Å². The van der Waals surface area contributed by atoms with Crippen LogP contribution < -0.4 is 10.9 Å². The van der Waals surface area contributed by atoms with Crippen molar-refractivity contribution in [1.82, 2.24) is 18.8 Å². The first-order chi connectivity index (χ1) is 13.7. The van der Waals surface area contributed by atoms with E-state index in [-0.39, 0.29) is 35.7 Å². The molecule has 4 rings (SSSR count). The van der Waals surface area contributed by atoms with Gasteiger partial charge in [0.25, 0.3) is 5.56 Å². The van der Waals surface area contributed by atoms with Crippen molar-refractivity contribution in [1.29, 1.82) is 0 Å². The van der Waals surface area contributed by atoms with Crippen molar-refractivity contribution < 1.29 is 12.8 Å². The third kappa shape index (κ3) is 4.10. The maximum Gasteiger partial charge on any atom is 0.271 e. The number of anilines is 1. The Kier molecular flexibility index (Phi) is 5.52. The first-order valence-electron chi connectivity index (χ1n) is 9.67. The fourth-order valence-electron chi connectivity index (χ4n) is 4.16. The molecule has 0 spiro atoms. The highest BCUT2D eigenvalue weighted by Crippen LogP contribution is 2.31. The Hall–Kier alpha value is -1.78. The van der Waals surface area contributed by atoms with Gasteiger partial charge in [0.05, 0.1) is 12.3 Å². The Balaban J connectivity index is 1.63. The van der Waals surface area contributed by atoms with Crippen molar-refractivity contribution in [2.45, 2.75) is 50.4 Å². The number of nitrogens with one attached hydrogen (secondary N) is 1. The van der Waals surface area contributed by atoms with Gasteiger partial charge in [-0.05, 0) is 25.3 Å². The van der Waals surface area contributed by atoms with Crippen molar-refractivity contribution in [3.63, 3.8) is 0 Å². The van der Waals surface area contributed by atoms with Crippen LogP contribution in [0.3, 0.4) is 0 Å². The van der Waals surface area contributed by atoms with Gasteiger partial charge in [-0.3, -0.25) is 9.36 Å². The molecule has 0 bridgehead atoms. The summed E-state index contributed by atoms with van der Waals surface area (Å²) in [6.45, 7) is 0.0271. The van der Waals surface area contributed by atoms with Crippen LogP contribution >= 0.6 is 11.6 Å². The van der Waals surface area contributed by atoms with Gasteiger partial charge in [0.1, 0.15) is 16.8 Å². The van der Waals surface area contributed by atoms with Crippen molar-refractivity contribution in [3.05, 3.63) is 27.6 Å². The van der Waals surface area contributed by atoms with Crippen LogP contribution in [0, 0.1) is 0 Å². The number of fused-ring (bicyclic) bond motifs is 1. The molecule has 1 saturated heterocycles. The van der Waals surface area contributed by atoms with Gasteiger partial charge >= 0.3 is 0 Å². The van der Waals surface area contributed by atoms with E-state index in [9.17, 15) is 17.6 Å². The summed E-state index contributed by atoms with van der Waals surface area (Å²) in [5.41, 5.74) is 0.202. The van der Waals surface area contributed by atoms with Gasteiger partial charge < -0.3 is 5.32 Å². The summed E-state index contributed by atoms with van der Waals surface area (Å²) in [5.74, 6) is 0.214. The van der Waals surface area contributed by atoms with Gasteiger partial charge in [-0.25, -0.2) is 17.8 Å². The first-order valence-corrected chi connectivity index (χ1v) is 11.9. The second kappa shape index (κ2) is 7.81. The Bertz CT molecular complexity index is 1090. The molecule has 0 unspecified atom stereocenters. The molecular weight excluding hydrogens is 421 g/mol. The van der Waals surface area contributed by atoms with Crippen LogP contribution in [-0.4, -0.2) is 58.8 Å². The van der Waals surface area contributed by atoms with Crippen LogP contribution in [0.1, 0.15) is 38.1 Å². The van der Waals surface area contributed by atoms with E-state index in [0.29, 0.717) is 17.5 Å². The highest BCUT2D eigenvalue weighted by atomic mass is 35.5. The number of pyridine rings is 1. The van der Waals surface area contributed by atoms with Crippen LogP contribution in [0.25, 0.3) is 11.0 Å². The van der Waals surface area contributed by atoms with E-state index in [4.69, 9.17) is 11.6 Å². The van der Waals surface area contributed by atoms with Gasteiger partial charge in [0.15, 0.2) is 0 Å². The lowest BCUT2D eigenvalue weighted by molar-refractivity contribution is 0.186. The van der Waals surface area contributed by atoms with Gasteiger partial charge in [0.2, 0.25) is 16.0 Å². The molecule has 158 valence electrons. The molecule has 1 saturated carbocycles. The minimum atomic E-state index is -3.42. The third-order valence-corrected chi connectivity index (χ3v) is 7.25. The minimum Gasteiger partial charge on any atom is -0.348 e. The number of nitrogens with zero attached hydrogens (tertiary/aromatic N) is 4. The molecule has 3 heterocycles. The summed E-state index contributed by atoms with van der Waals surface area (Å²) < 4.78 is 40.6. The Morgan fingerprint density at radius 3 is 2.66 bits per heavy atom. The zero-order valence-corrected chi connectivity index (χ0v) is 17.6. The smallest absolute Gasteiger partial charge is 0.271 e. The van der Waals surface area contributed by atoms with E-state index in [1.54, 1.807) is 16.8 Å². The average Bonchev–Trinajstić information content (AvgIpc) is 3.18. The number of hydrogen-bond acceptors (Lipinski definition) is 6. The molecule has 2 aromatic heterocycles. The summed E-state index contributed by atoms with van der Waals surface area (Å²) in [7, 11) is -3.42. The number of rotatable bonds is 4. The van der Waals surface area contributed by atoms with E-state index < -0.39 is 22.2 Å². The van der Waals surface area contributed by atoms with E-state index >= 15 is 0 Å². The van der Waals surface area contributed by atoms with Gasteiger partial charge in [-0.2, -0.15) is 9.29 Å². The molecule has 2 fully saturated rings. The largest absolute Gasteiger partial charge is 0.348 e. The average molecular weight is 444 g/mol. The van der Waals surface area contributed by atoms with Crippen LogP contribution in [-0.2, 0) is 10.0 Å². The summed E-state index contributed by atoms with van der Waals surface area (Å²) in [6, 6.07) is 0.986. The predicted molar refractivity (Wildman–Crippen MR) is 110 cm³/mol. The quantitative estimate of drug-likeness (QED) is 0.779. The number of alkyl halides is 1. The lowest BCUT2D eigenvalue weighted by Gasteiger charge is -2.33. The Morgan fingerprint density at radius 2 is 2.00 bits per heavy atom. The molecule has 0 amide bonds. The summed E-state index contributed by atoms with van der Waals surface area (Å²) in [6.07, 6.45) is 5.42. The molecule has 2 aromatic rings. The van der Waals surface area contributed by atoms with Gasteiger partial charge in [-0.15, -0.1) is 0 Å². The van der Waals surface area contributed by atoms with E-state index in [1.165, 1.54) is 0 Å². The molecule has 8 nitrogen and oxygen atoms in total. The second-order valence-electron chi connectivity index (χ2n) is 7.75. The Labute approximate surface area is 173 Å². The molecular formula is C18H23ClFN5O3S. The SMILES string of the molecule is CS(=O)(=O)N1CC[C@@H](Nc2ncc3cc(Cl)c(=O)n(C4CCCC4)c3n2)[C@H](F)C1. The standard InChI is InChI=1S/C18H23ClFN5O3S/c1-29(27,28)24-7-6-15(14(20)10-24)22-18-21-9-11-8-13(19)17(26)25(16(11)23-18)12-4-2-3-5-12/h8-9,12,14-15H,2-7,10H2,1H3,(H,21,22,23)/t14-,15-/m1/s1. The fraction of sp³-hybridized carbons (Fsp3) is 0.611. The number of halogens is 2. The highest BCUT2D eigenvalue weighted by molar-refractivity contribution is 7.88. The third-order valence-electron chi connectivity index (χ3n) is 5.71. The maximum atomic E-state index is 14.6. The predicted octanol–water partition coefficient (Wildman–Crippen LogP) is 2.34. The number of aromatic nitrogens is 3. The molecule has 0 radical (unpaired) electrons. The topological polar surface area (TPSA) is 97.2 Å². The highest BCUT2D eigenvalue weighted by Gasteiger charge is 2.33. The van der Waals surface area contributed by atoms with Crippen molar-refractivity contribution in [2.24, 2.45) is 0 Å². The molecule has 1 aliphatic carbocycles. The van der Waals surface area contributed by atoms with Gasteiger partial charge in [-0.1, -0.05) is 24.4 Å². The molecule has 1 N–H and O–H groups in total. The Morgan fingerprint density at radius 1 is 1.28 bits per heavy atom. The monoisotopic (exact) mass is 443 g/mol. The molecule has 2 aliphatic rings. The van der Waals surface area contributed by atoms with E-state index in [0.717, 1.165) is 36.2 Å². The van der Waals surface area contributed by atoms with Crippen LogP contribution in [0.15, 0.2) is 17.1 Å². The summed E-state index contributed by atoms with van der Waals surface area (Å²) in [4.78, 5) is 21.4. The number of piperidine rings is 1. The van der Waals surface area contributed by atoms with Crippen LogP contribution in [0.5, 0.6) is 0 Å². The van der Waals surface area contributed by atoms with Crippen molar-refractivity contribution in [3.8, 4) is 0 Å². The van der Waals surface area contributed by atoms with Crippen LogP contribution in [0.4, 0.5) is 10.3 Å². The van der Waals surface area contributed by atoms with Gasteiger partial charge in [0, 0.05) is 30.7 Å². The lowest BCUT2D eigenvalue weighted by Crippen LogP contribution is -2.49. The molecule has 11 heteroatoms. The summed E-state index contributed by atoms with van der Waals surface area (Å²) >= 11 is 6.13. The second-order valence-corrected chi connectivity index (χ2v) is 10.1. The summed E-state index contributed by atoms with van der Waals surface area (Å²) in [5, 5.41) is 3.76. The minimum absolute atomic E-state index is 0.0402.